The molecule has 70 valence electrons. The van der Waals surface area contributed by atoms with Crippen molar-refractivity contribution in [3.63, 3.8) is 0 Å². The first-order chi connectivity index (χ1) is 6.11. The number of benzene rings is 1. The molecule has 0 unspecified atom stereocenters. The van der Waals surface area contributed by atoms with E-state index < -0.39 is 0 Å². The van der Waals surface area contributed by atoms with Crippen LogP contribution in [0.15, 0.2) is 24.3 Å². The second-order valence-electron chi connectivity index (χ2n) is 2.97. The largest absolute Gasteiger partial charge is 0.274 e. The summed E-state index contributed by atoms with van der Waals surface area (Å²) >= 11 is 5.71. The molecule has 0 radical (unpaired) electrons. The average Bonchev–Trinajstić information content (AvgIpc) is 2.08. The fourth-order valence-corrected chi connectivity index (χ4v) is 1.18. The number of aryl methyl sites for hydroxylation is 1. The standard InChI is InChI=1S/C10H12ClNO/c1-8-5-3-4-6-10(8)7-12(11)9(2)13/h3-6H,7H2,1-2H3. The van der Waals surface area contributed by atoms with Gasteiger partial charge in [0.05, 0.1) is 6.54 Å². The third-order valence-corrected chi connectivity index (χ3v) is 2.27. The molecule has 0 heterocycles. The highest BCUT2D eigenvalue weighted by Gasteiger charge is 2.06. The van der Waals surface area contributed by atoms with Crippen molar-refractivity contribution in [1.29, 1.82) is 0 Å². The number of halogens is 1. The Morgan fingerprint density at radius 2 is 2.08 bits per heavy atom. The van der Waals surface area contributed by atoms with E-state index in [1.54, 1.807) is 0 Å². The Kier molecular flexibility index (Phi) is 3.32. The Bertz CT molecular complexity index is 312. The van der Waals surface area contributed by atoms with Crippen LogP contribution in [0, 0.1) is 6.92 Å². The van der Waals surface area contributed by atoms with Crippen LogP contribution < -0.4 is 0 Å². The second-order valence-corrected chi connectivity index (χ2v) is 3.37. The highest BCUT2D eigenvalue weighted by molar-refractivity contribution is 6.20. The molecule has 1 aromatic carbocycles. The average molecular weight is 198 g/mol. The Morgan fingerprint density at radius 3 is 2.62 bits per heavy atom. The summed E-state index contributed by atoms with van der Waals surface area (Å²) in [6.45, 7) is 3.91. The number of carbonyl (C=O) groups excluding carboxylic acids is 1. The van der Waals surface area contributed by atoms with Gasteiger partial charge in [-0.05, 0) is 18.1 Å². The molecule has 3 heteroatoms. The molecule has 0 saturated carbocycles. The monoisotopic (exact) mass is 197 g/mol. The zero-order valence-corrected chi connectivity index (χ0v) is 8.51. The zero-order chi connectivity index (χ0) is 9.84. The van der Waals surface area contributed by atoms with Gasteiger partial charge in [-0.15, -0.1) is 0 Å². The quantitative estimate of drug-likeness (QED) is 0.668. The van der Waals surface area contributed by atoms with Gasteiger partial charge in [-0.3, -0.25) is 9.21 Å². The van der Waals surface area contributed by atoms with Crippen molar-refractivity contribution < 1.29 is 4.79 Å². The molecule has 0 spiro atoms. The minimum Gasteiger partial charge on any atom is -0.274 e. The third kappa shape index (κ3) is 2.74. The molecule has 13 heavy (non-hydrogen) atoms. The van der Waals surface area contributed by atoms with E-state index in [-0.39, 0.29) is 5.91 Å². The van der Waals surface area contributed by atoms with Gasteiger partial charge in [0, 0.05) is 18.7 Å². The van der Waals surface area contributed by atoms with Gasteiger partial charge in [0.1, 0.15) is 0 Å². The number of carbonyl (C=O) groups is 1. The minimum atomic E-state index is -0.134. The summed E-state index contributed by atoms with van der Waals surface area (Å²) in [5.74, 6) is -0.134. The number of amides is 1. The Balaban J connectivity index is 2.74. The molecule has 0 aromatic heterocycles. The van der Waals surface area contributed by atoms with Crippen LogP contribution in [0.4, 0.5) is 0 Å². The molecule has 0 aliphatic heterocycles. The number of rotatable bonds is 2. The predicted octanol–water partition coefficient (Wildman–Crippen LogP) is 2.50. The van der Waals surface area contributed by atoms with E-state index in [1.807, 2.05) is 31.2 Å². The maximum atomic E-state index is 10.9. The van der Waals surface area contributed by atoms with Crippen LogP contribution in [0.2, 0.25) is 0 Å². The molecular formula is C10H12ClNO. The second kappa shape index (κ2) is 4.28. The summed E-state index contributed by atoms with van der Waals surface area (Å²) in [5.41, 5.74) is 2.22. The van der Waals surface area contributed by atoms with Gasteiger partial charge in [-0.2, -0.15) is 0 Å². The first-order valence-electron chi connectivity index (χ1n) is 4.09. The first kappa shape index (κ1) is 10.1. The zero-order valence-electron chi connectivity index (χ0n) is 7.75. The van der Waals surface area contributed by atoms with Crippen LogP contribution in [0.5, 0.6) is 0 Å². The van der Waals surface area contributed by atoms with E-state index in [2.05, 4.69) is 0 Å². The molecule has 1 aromatic rings. The lowest BCUT2D eigenvalue weighted by molar-refractivity contribution is -0.124. The lowest BCUT2D eigenvalue weighted by Gasteiger charge is -2.12. The number of hydrogen-bond donors (Lipinski definition) is 0. The van der Waals surface area contributed by atoms with Crippen LogP contribution in [0.25, 0.3) is 0 Å². The van der Waals surface area contributed by atoms with Gasteiger partial charge in [-0.25, -0.2) is 0 Å². The summed E-state index contributed by atoms with van der Waals surface area (Å²) < 4.78 is 1.18. The van der Waals surface area contributed by atoms with Crippen molar-refractivity contribution in [2.45, 2.75) is 20.4 Å². The van der Waals surface area contributed by atoms with E-state index in [0.29, 0.717) is 6.54 Å². The normalized spacial score (nSPS) is 9.77. The molecule has 2 nitrogen and oxygen atoms in total. The van der Waals surface area contributed by atoms with Crippen molar-refractivity contribution in [2.24, 2.45) is 0 Å². The highest BCUT2D eigenvalue weighted by atomic mass is 35.5. The third-order valence-electron chi connectivity index (χ3n) is 1.91. The predicted molar refractivity (Wildman–Crippen MR) is 53.3 cm³/mol. The van der Waals surface area contributed by atoms with E-state index in [1.165, 1.54) is 11.3 Å². The summed E-state index contributed by atoms with van der Waals surface area (Å²) in [5, 5.41) is 0. The SMILES string of the molecule is CC(=O)N(Cl)Cc1ccccc1C. The van der Waals surface area contributed by atoms with Gasteiger partial charge >= 0.3 is 0 Å². The van der Waals surface area contributed by atoms with Crippen molar-refractivity contribution in [3.05, 3.63) is 35.4 Å². The molecule has 0 fully saturated rings. The van der Waals surface area contributed by atoms with Gasteiger partial charge in [0.25, 0.3) is 0 Å². The highest BCUT2D eigenvalue weighted by Crippen LogP contribution is 2.11. The lowest BCUT2D eigenvalue weighted by Crippen LogP contribution is -2.17. The Hall–Kier alpha value is -1.02. The summed E-state index contributed by atoms with van der Waals surface area (Å²) in [6.07, 6.45) is 0. The maximum Gasteiger partial charge on any atom is 0.234 e. The van der Waals surface area contributed by atoms with Crippen LogP contribution in [0.1, 0.15) is 18.1 Å². The van der Waals surface area contributed by atoms with Crippen molar-refractivity contribution in [3.8, 4) is 0 Å². The molecule has 0 bridgehead atoms. The van der Waals surface area contributed by atoms with Crippen molar-refractivity contribution >= 4 is 17.7 Å². The van der Waals surface area contributed by atoms with Gasteiger partial charge in [0.15, 0.2) is 0 Å². The van der Waals surface area contributed by atoms with Crippen LogP contribution in [-0.2, 0) is 11.3 Å². The molecule has 0 atom stereocenters. The van der Waals surface area contributed by atoms with Crippen LogP contribution in [0.3, 0.4) is 0 Å². The molecule has 0 aliphatic carbocycles. The van der Waals surface area contributed by atoms with Gasteiger partial charge in [0.2, 0.25) is 5.91 Å². The van der Waals surface area contributed by atoms with E-state index in [0.717, 1.165) is 11.1 Å². The van der Waals surface area contributed by atoms with Gasteiger partial charge < -0.3 is 0 Å². The molecule has 1 rings (SSSR count). The minimum absolute atomic E-state index is 0.134. The molecule has 1 amide bonds. The molecule has 0 N–H and O–H groups in total. The fourth-order valence-electron chi connectivity index (χ4n) is 1.05. The Morgan fingerprint density at radius 1 is 1.46 bits per heavy atom. The van der Waals surface area contributed by atoms with E-state index in [4.69, 9.17) is 11.8 Å². The summed E-state index contributed by atoms with van der Waals surface area (Å²) in [7, 11) is 0. The smallest absolute Gasteiger partial charge is 0.234 e. The number of hydrogen-bond acceptors (Lipinski definition) is 1. The maximum absolute atomic E-state index is 10.9. The van der Waals surface area contributed by atoms with E-state index >= 15 is 0 Å². The Labute approximate surface area is 83.2 Å². The first-order valence-corrected chi connectivity index (χ1v) is 4.43. The molecule has 0 saturated heterocycles. The number of nitrogens with zero attached hydrogens (tertiary/aromatic N) is 1. The van der Waals surface area contributed by atoms with Crippen molar-refractivity contribution in [2.75, 3.05) is 0 Å². The summed E-state index contributed by atoms with van der Waals surface area (Å²) in [6, 6.07) is 7.87. The van der Waals surface area contributed by atoms with E-state index in [9.17, 15) is 4.79 Å². The fraction of sp³-hybridized carbons (Fsp3) is 0.300. The lowest BCUT2D eigenvalue weighted by atomic mass is 10.1. The molecular weight excluding hydrogens is 186 g/mol. The molecule has 0 aliphatic rings. The van der Waals surface area contributed by atoms with Crippen LogP contribution in [-0.4, -0.2) is 10.3 Å². The summed E-state index contributed by atoms with van der Waals surface area (Å²) in [4.78, 5) is 10.9. The van der Waals surface area contributed by atoms with Gasteiger partial charge in [-0.1, -0.05) is 24.3 Å². The topological polar surface area (TPSA) is 20.3 Å². The van der Waals surface area contributed by atoms with Crippen molar-refractivity contribution in [1.82, 2.24) is 4.42 Å². The van der Waals surface area contributed by atoms with Crippen LogP contribution >= 0.6 is 11.8 Å².